The number of hydrogen-bond acceptors (Lipinski definition) is 12. The Morgan fingerprint density at radius 1 is 1.16 bits per heavy atom. The third-order valence-electron chi connectivity index (χ3n) is 8.21. The van der Waals surface area contributed by atoms with Crippen LogP contribution >= 0.6 is 11.6 Å². The maximum Gasteiger partial charge on any atom is 0.326 e. The molecule has 0 radical (unpaired) electrons. The van der Waals surface area contributed by atoms with Crippen molar-refractivity contribution in [2.75, 3.05) is 31.6 Å². The van der Waals surface area contributed by atoms with E-state index in [4.69, 9.17) is 26.2 Å². The Balaban J connectivity index is 1.23. The fourth-order valence-corrected chi connectivity index (χ4v) is 8.19. The molecule has 2 amide bonds. The number of hydrogen-bond donors (Lipinski definition) is 6. The first-order chi connectivity index (χ1) is 24.0. The number of nitrogens with zero attached hydrogens (tertiary/aromatic N) is 1. The molecule has 0 saturated carbocycles. The molecule has 2 aromatic rings. The van der Waals surface area contributed by atoms with Crippen LogP contribution in [0.5, 0.6) is 5.75 Å². The first kappa shape index (κ1) is 39.8. The van der Waals surface area contributed by atoms with Gasteiger partial charge in [0.05, 0.1) is 23.4 Å². The number of nitrogens with one attached hydrogen (secondary N) is 4. The normalized spacial score (nSPS) is 19.3. The number of primary sulfonamides is 1. The number of sulfonamides is 2. The number of carboxylic acids is 1. The third-order valence-corrected chi connectivity index (χ3v) is 11.1. The Morgan fingerprint density at radius 3 is 2.51 bits per heavy atom. The van der Waals surface area contributed by atoms with Crippen molar-refractivity contribution in [2.45, 2.75) is 80.0 Å². The van der Waals surface area contributed by atoms with Gasteiger partial charge in [0.25, 0.3) is 5.91 Å². The van der Waals surface area contributed by atoms with Gasteiger partial charge in [-0.25, -0.2) is 26.8 Å². The molecule has 2 aromatic carbocycles. The topological polar surface area (TPSA) is 253 Å². The number of anilines is 1. The second-order valence-corrected chi connectivity index (χ2v) is 15.6. The number of aliphatic carboxylic acids is 1. The van der Waals surface area contributed by atoms with Crippen molar-refractivity contribution in [1.29, 1.82) is 0 Å². The molecule has 51 heavy (non-hydrogen) atoms. The first-order valence-corrected chi connectivity index (χ1v) is 19.5. The molecule has 0 aromatic heterocycles. The van der Waals surface area contributed by atoms with Crippen LogP contribution in [0.25, 0.3) is 0 Å². The number of esters is 1. The average molecular weight is 773 g/mol. The van der Waals surface area contributed by atoms with Crippen LogP contribution in [0.4, 0.5) is 5.69 Å². The molecular formula is C31H41ClN6O11S2. The maximum atomic E-state index is 12.9. The van der Waals surface area contributed by atoms with Crippen molar-refractivity contribution in [2.24, 2.45) is 5.14 Å². The van der Waals surface area contributed by atoms with Crippen LogP contribution in [0.1, 0.15) is 56.3 Å². The van der Waals surface area contributed by atoms with Crippen LogP contribution in [0.15, 0.2) is 46.2 Å². The SMILES string of the molecule is CCOC(=O)[C@H](CCCCNC(=O)c1ccc(OCC2Nc3cc(Cl)c(S(N)(=O)=O)cc3S(=O)(=O)N2)cc1)N[C@@H](C)C(=O)N1CCC[C@H]1C(=O)O. The number of carboxylic acid groups (broad SMARTS) is 1. The van der Waals surface area contributed by atoms with E-state index in [-0.39, 0.29) is 34.7 Å². The fraction of sp³-hybridized carbons (Fsp3) is 0.484. The lowest BCUT2D eigenvalue weighted by atomic mass is 10.1. The highest BCUT2D eigenvalue weighted by atomic mass is 35.5. The van der Waals surface area contributed by atoms with Crippen LogP contribution in [0.3, 0.4) is 0 Å². The van der Waals surface area contributed by atoms with Crippen LogP contribution < -0.4 is 30.5 Å². The second kappa shape index (κ2) is 17.0. The Kier molecular flexibility index (Phi) is 13.3. The van der Waals surface area contributed by atoms with Crippen LogP contribution in [-0.2, 0) is 39.2 Å². The fourth-order valence-electron chi connectivity index (χ4n) is 5.71. The number of fused-ring (bicyclic) bond motifs is 1. The molecule has 2 aliphatic heterocycles. The lowest BCUT2D eigenvalue weighted by Crippen LogP contribution is -2.53. The molecule has 2 heterocycles. The number of unbranched alkanes of at least 4 members (excludes halogenated alkanes) is 1. The zero-order chi connectivity index (χ0) is 37.5. The minimum atomic E-state index is -4.26. The van der Waals surface area contributed by atoms with E-state index in [1.54, 1.807) is 13.8 Å². The lowest BCUT2D eigenvalue weighted by molar-refractivity contribution is -0.150. The standard InChI is InChI=1S/C31H41ClN6O11S2/c1-3-48-31(43)22(35-18(2)29(40)38-14-6-8-24(38)30(41)42)7-4-5-13-34-28(39)19-9-11-20(12-10-19)49-17-27-36-23-15-21(32)25(50(33,44)45)16-26(23)51(46,47)37-27/h9-12,15-16,18,22,24,27,35-37H,3-8,13-14,17H2,1-2H3,(H,34,39)(H,41,42)(H2,33,44,45)/t18-,22-,24-,27?/m0/s1. The average Bonchev–Trinajstić information content (AvgIpc) is 3.56. The number of carbonyl (C=O) groups excluding carboxylic acids is 3. The Morgan fingerprint density at radius 2 is 1.86 bits per heavy atom. The predicted octanol–water partition coefficient (Wildman–Crippen LogP) is 0.982. The Bertz CT molecular complexity index is 1840. The number of halogens is 1. The van der Waals surface area contributed by atoms with E-state index in [1.165, 1.54) is 29.2 Å². The van der Waals surface area contributed by atoms with E-state index in [9.17, 15) is 41.1 Å². The van der Waals surface area contributed by atoms with Gasteiger partial charge in [0.15, 0.2) is 0 Å². The van der Waals surface area contributed by atoms with Gasteiger partial charge in [0, 0.05) is 18.7 Å². The summed E-state index contributed by atoms with van der Waals surface area (Å²) in [5.74, 6) is -1.99. The summed E-state index contributed by atoms with van der Waals surface area (Å²) in [5.41, 5.74) is 0.408. The van der Waals surface area contributed by atoms with E-state index in [1.807, 2.05) is 0 Å². The van der Waals surface area contributed by atoms with E-state index >= 15 is 0 Å². The van der Waals surface area contributed by atoms with Crippen molar-refractivity contribution < 1.29 is 50.6 Å². The summed E-state index contributed by atoms with van der Waals surface area (Å²) in [4.78, 5) is 50.2. The molecule has 17 nitrogen and oxygen atoms in total. The summed E-state index contributed by atoms with van der Waals surface area (Å²) in [6.45, 7) is 3.87. The summed E-state index contributed by atoms with van der Waals surface area (Å²) in [5, 5.41) is 23.0. The molecule has 1 fully saturated rings. The number of amides is 2. The van der Waals surface area contributed by atoms with E-state index < -0.39 is 67.1 Å². The van der Waals surface area contributed by atoms with Crippen molar-refractivity contribution in [1.82, 2.24) is 20.3 Å². The number of rotatable bonds is 16. The monoisotopic (exact) mass is 772 g/mol. The van der Waals surface area contributed by atoms with Gasteiger partial charge in [-0.05, 0) is 82.3 Å². The smallest absolute Gasteiger partial charge is 0.326 e. The maximum absolute atomic E-state index is 12.9. The van der Waals surface area contributed by atoms with E-state index in [0.29, 0.717) is 56.5 Å². The highest BCUT2D eigenvalue weighted by Gasteiger charge is 2.37. The zero-order valence-corrected chi connectivity index (χ0v) is 30.3. The molecular weight excluding hydrogens is 732 g/mol. The minimum Gasteiger partial charge on any atom is -0.490 e. The largest absolute Gasteiger partial charge is 0.490 e. The Hall–Kier alpha value is -4.01. The van der Waals surface area contributed by atoms with Gasteiger partial charge in [-0.1, -0.05) is 11.6 Å². The van der Waals surface area contributed by atoms with Crippen LogP contribution in [0.2, 0.25) is 5.02 Å². The highest BCUT2D eigenvalue weighted by molar-refractivity contribution is 7.90. The Labute approximate surface area is 300 Å². The van der Waals surface area contributed by atoms with Crippen LogP contribution in [0, 0.1) is 0 Å². The van der Waals surface area contributed by atoms with Crippen molar-refractivity contribution >= 4 is 61.1 Å². The third kappa shape index (κ3) is 10.3. The van der Waals surface area contributed by atoms with Gasteiger partial charge < -0.3 is 30.1 Å². The van der Waals surface area contributed by atoms with Gasteiger partial charge in [-0.3, -0.25) is 19.7 Å². The summed E-state index contributed by atoms with van der Waals surface area (Å²) in [7, 11) is -8.40. The lowest BCUT2D eigenvalue weighted by Gasteiger charge is -2.28. The molecule has 20 heteroatoms. The first-order valence-electron chi connectivity index (χ1n) is 16.1. The molecule has 4 rings (SSSR count). The molecule has 2 aliphatic rings. The summed E-state index contributed by atoms with van der Waals surface area (Å²) in [6.07, 6.45) is 1.39. The second-order valence-electron chi connectivity index (χ2n) is 11.9. The zero-order valence-electron chi connectivity index (χ0n) is 27.9. The quantitative estimate of drug-likeness (QED) is 0.103. The summed E-state index contributed by atoms with van der Waals surface area (Å²) in [6, 6.07) is 5.67. The number of nitrogens with two attached hydrogens (primary N) is 1. The molecule has 0 aliphatic carbocycles. The summed E-state index contributed by atoms with van der Waals surface area (Å²) >= 11 is 6.01. The van der Waals surface area contributed by atoms with Crippen molar-refractivity contribution in [3.8, 4) is 5.75 Å². The van der Waals surface area contributed by atoms with Crippen molar-refractivity contribution in [3.63, 3.8) is 0 Å². The molecule has 1 saturated heterocycles. The highest BCUT2D eigenvalue weighted by Crippen LogP contribution is 2.33. The van der Waals surface area contributed by atoms with Crippen molar-refractivity contribution in [3.05, 3.63) is 47.0 Å². The van der Waals surface area contributed by atoms with Gasteiger partial charge in [0.1, 0.15) is 40.4 Å². The molecule has 0 spiro atoms. The number of likely N-dealkylation sites (tertiary alicyclic amines) is 1. The van der Waals surface area contributed by atoms with E-state index in [2.05, 4.69) is 20.7 Å². The number of benzene rings is 2. The van der Waals surface area contributed by atoms with Gasteiger partial charge in [-0.15, -0.1) is 0 Å². The molecule has 1 unspecified atom stereocenters. The minimum absolute atomic E-state index is 0.0669. The molecule has 280 valence electrons. The molecule has 4 atom stereocenters. The summed E-state index contributed by atoms with van der Waals surface area (Å²) < 4.78 is 62.3. The van der Waals surface area contributed by atoms with E-state index in [0.717, 1.165) is 12.1 Å². The van der Waals surface area contributed by atoms with Crippen LogP contribution in [-0.4, -0.2) is 101 Å². The predicted molar refractivity (Wildman–Crippen MR) is 184 cm³/mol. The molecule has 0 bridgehead atoms. The van der Waals surface area contributed by atoms with Gasteiger partial charge in [-0.2, -0.15) is 4.72 Å². The van der Waals surface area contributed by atoms with Gasteiger partial charge in [0.2, 0.25) is 26.0 Å². The van der Waals surface area contributed by atoms with Gasteiger partial charge >= 0.3 is 11.9 Å². The molecule has 7 N–H and O–H groups in total. The number of ether oxygens (including phenoxy) is 2. The number of carbonyl (C=O) groups is 4.